The van der Waals surface area contributed by atoms with Crippen LogP contribution in [-0.2, 0) is 18.5 Å². The Morgan fingerprint density at radius 3 is 0.862 bits per heavy atom. The fourth-order valence-electron chi connectivity index (χ4n) is 14.3. The Morgan fingerprint density at radius 2 is 0.532 bits per heavy atom. The first-order valence-corrected chi connectivity index (χ1v) is 30.4. The minimum absolute atomic E-state index is 0.0322. The number of nitrogens with zero attached hydrogens (tertiary/aromatic N) is 5. The molecule has 0 fully saturated rings. The third-order valence-electron chi connectivity index (χ3n) is 18.3. The van der Waals surface area contributed by atoms with Crippen LogP contribution in [0.15, 0.2) is 243 Å². The minimum Gasteiger partial charge on any atom is -0.307 e. The first-order chi connectivity index (χ1) is 45.2. The van der Waals surface area contributed by atoms with Gasteiger partial charge in [-0.3, -0.25) is 0 Å². The molecule has 0 aliphatic carbocycles. The fourth-order valence-corrected chi connectivity index (χ4v) is 14.3. The zero-order valence-corrected chi connectivity index (χ0v) is 50.7. The SMILES string of the molecule is Cc1cccc2c3ccccc3n(-c3cc(-c4ccccc4C(F)(F)F)c(C(F)(F)F)cc3-n3c4ccccc4c4cccc(C)c43)c12.Cc1cccc2c3ccccc3n(-c3cc(C#N)c(-c4ccccc4C(F)(F)F)cc3-n3c4ccccc4c4cccc(C)c43)c12. The monoisotopic (exact) mass is 1250 g/mol. The Morgan fingerprint density at radius 1 is 0.266 bits per heavy atom. The molecule has 4 heterocycles. The average Bonchev–Trinajstić information content (AvgIpc) is 1.52. The molecule has 94 heavy (non-hydrogen) atoms. The number of nitriles is 1. The molecule has 0 amide bonds. The maximum absolute atomic E-state index is 15.2. The molecule has 0 aliphatic heterocycles. The summed E-state index contributed by atoms with van der Waals surface area (Å²) < 4.78 is 140. The van der Waals surface area contributed by atoms with Crippen LogP contribution >= 0.6 is 0 Å². The van der Waals surface area contributed by atoms with Gasteiger partial charge in [-0.05, 0) is 127 Å². The van der Waals surface area contributed by atoms with Crippen LogP contribution in [0.4, 0.5) is 39.5 Å². The molecule has 0 saturated carbocycles. The maximum Gasteiger partial charge on any atom is 0.417 e. The standard InChI is InChI=1S/C40H26F6N2.C40H26F3N3/c1-23-11-9-16-28-26-14-4-7-19-33(26)47(37(23)28)35-21-30(25-13-3-6-18-31(25)39(41,42)43)32(40(44,45)46)22-36(35)48-34-20-8-5-15-27(34)29-17-10-12-24(2)38(29)48;1-24-11-9-16-30-28-14-4-7-19-34(28)45(38(24)30)36-21-26(23-44)32(27-13-3-6-18-33(27)40(41,42)43)22-37(36)46-35-20-8-5-15-29(35)31-17-10-12-25(2)39(31)46/h3-22H,1-2H3;3-22H,1-2H3. The summed E-state index contributed by atoms with van der Waals surface area (Å²) in [6, 6.07) is 73.2. The Kier molecular flexibility index (Phi) is 13.8. The summed E-state index contributed by atoms with van der Waals surface area (Å²) in [5, 5.41) is 18.2. The predicted octanol–water partition coefficient (Wildman–Crippen LogP) is 23.3. The molecule has 5 nitrogen and oxygen atoms in total. The van der Waals surface area contributed by atoms with Gasteiger partial charge >= 0.3 is 18.5 Å². The summed E-state index contributed by atoms with van der Waals surface area (Å²) in [6.45, 7) is 7.93. The first kappa shape index (κ1) is 59.0. The molecule has 0 bridgehead atoms. The molecule has 4 aromatic heterocycles. The van der Waals surface area contributed by atoms with E-state index in [-0.39, 0.29) is 22.4 Å². The van der Waals surface area contributed by atoms with E-state index in [1.807, 2.05) is 163 Å². The molecule has 16 aromatic rings. The highest BCUT2D eigenvalue weighted by Gasteiger charge is 2.40. The molecule has 0 aliphatic rings. The van der Waals surface area contributed by atoms with Crippen LogP contribution in [0, 0.1) is 39.0 Å². The smallest absolute Gasteiger partial charge is 0.307 e. The van der Waals surface area contributed by atoms with Crippen molar-refractivity contribution in [1.29, 1.82) is 5.26 Å². The van der Waals surface area contributed by atoms with Gasteiger partial charge in [-0.2, -0.15) is 44.8 Å². The van der Waals surface area contributed by atoms with Crippen molar-refractivity contribution in [2.45, 2.75) is 46.2 Å². The molecule has 0 N–H and O–H groups in total. The Hall–Kier alpha value is -11.3. The number of alkyl halides is 9. The van der Waals surface area contributed by atoms with Crippen molar-refractivity contribution in [3.8, 4) is 51.1 Å². The van der Waals surface area contributed by atoms with Crippen LogP contribution in [0.2, 0.25) is 0 Å². The highest BCUT2D eigenvalue weighted by molar-refractivity contribution is 6.15. The maximum atomic E-state index is 15.2. The third kappa shape index (κ3) is 9.31. The van der Waals surface area contributed by atoms with Gasteiger partial charge in [0, 0.05) is 48.7 Å². The van der Waals surface area contributed by atoms with E-state index in [0.717, 1.165) is 123 Å². The molecular formula is C80H52F9N5. The van der Waals surface area contributed by atoms with Crippen molar-refractivity contribution in [3.63, 3.8) is 0 Å². The lowest BCUT2D eigenvalue weighted by Gasteiger charge is -2.24. The molecule has 0 unspecified atom stereocenters. The van der Waals surface area contributed by atoms with E-state index in [1.165, 1.54) is 30.3 Å². The number of fused-ring (bicyclic) bond motifs is 12. The normalized spacial score (nSPS) is 12.3. The fraction of sp³-hybridized carbons (Fsp3) is 0.0875. The predicted molar refractivity (Wildman–Crippen MR) is 360 cm³/mol. The Labute approximate surface area is 532 Å². The van der Waals surface area contributed by atoms with Gasteiger partial charge in [0.1, 0.15) is 0 Å². The Balaban J connectivity index is 0.000000155. The molecule has 0 spiro atoms. The average molecular weight is 1250 g/mol. The van der Waals surface area contributed by atoms with Crippen LogP contribution in [0.3, 0.4) is 0 Å². The molecular weight excluding hydrogens is 1200 g/mol. The quantitative estimate of drug-likeness (QED) is 0.153. The number of hydrogen-bond donors (Lipinski definition) is 0. The Bertz CT molecular complexity index is 5840. The van der Waals surface area contributed by atoms with E-state index in [4.69, 9.17) is 0 Å². The van der Waals surface area contributed by atoms with Gasteiger partial charge in [0.25, 0.3) is 0 Å². The molecule has 0 saturated heterocycles. The van der Waals surface area contributed by atoms with E-state index >= 15 is 13.2 Å². The lowest BCUT2D eigenvalue weighted by atomic mass is 9.93. The third-order valence-corrected chi connectivity index (χ3v) is 18.3. The van der Waals surface area contributed by atoms with Crippen LogP contribution in [0.25, 0.3) is 132 Å². The molecule has 460 valence electrons. The molecule has 14 heteroatoms. The number of aryl methyl sites for hydroxylation is 4. The van der Waals surface area contributed by atoms with Crippen LogP contribution in [0.1, 0.15) is 44.5 Å². The second-order valence-corrected chi connectivity index (χ2v) is 23.8. The number of rotatable bonds is 6. The summed E-state index contributed by atoms with van der Waals surface area (Å²) in [5.74, 6) is 0. The summed E-state index contributed by atoms with van der Waals surface area (Å²) in [6.07, 6.45) is -14.5. The first-order valence-electron chi connectivity index (χ1n) is 30.4. The number of hydrogen-bond acceptors (Lipinski definition) is 1. The lowest BCUT2D eigenvalue weighted by molar-refractivity contribution is -0.139. The molecule has 12 aromatic carbocycles. The van der Waals surface area contributed by atoms with Gasteiger partial charge in [-0.25, -0.2) is 0 Å². The van der Waals surface area contributed by atoms with Crippen LogP contribution in [-0.4, -0.2) is 18.3 Å². The van der Waals surface area contributed by atoms with E-state index in [0.29, 0.717) is 28.1 Å². The molecule has 16 rings (SSSR count). The summed E-state index contributed by atoms with van der Waals surface area (Å²) in [7, 11) is 0. The second-order valence-electron chi connectivity index (χ2n) is 23.8. The van der Waals surface area contributed by atoms with Crippen molar-refractivity contribution in [2.24, 2.45) is 0 Å². The van der Waals surface area contributed by atoms with Gasteiger partial charge in [0.2, 0.25) is 0 Å². The van der Waals surface area contributed by atoms with Gasteiger partial charge in [0.05, 0.1) is 95.2 Å². The molecule has 0 radical (unpaired) electrons. The van der Waals surface area contributed by atoms with Crippen molar-refractivity contribution >= 4 is 87.2 Å². The zero-order chi connectivity index (χ0) is 65.3. The molecule has 0 atom stereocenters. The van der Waals surface area contributed by atoms with Crippen molar-refractivity contribution in [1.82, 2.24) is 18.3 Å². The number of halogens is 9. The minimum atomic E-state index is -4.98. The van der Waals surface area contributed by atoms with Gasteiger partial charge < -0.3 is 18.3 Å². The van der Waals surface area contributed by atoms with Crippen molar-refractivity contribution in [2.75, 3.05) is 0 Å². The van der Waals surface area contributed by atoms with E-state index in [1.54, 1.807) is 18.2 Å². The second kappa shape index (κ2) is 21.9. The highest BCUT2D eigenvalue weighted by Crippen LogP contribution is 2.50. The highest BCUT2D eigenvalue weighted by atomic mass is 19.4. The van der Waals surface area contributed by atoms with Crippen LogP contribution in [0.5, 0.6) is 0 Å². The van der Waals surface area contributed by atoms with E-state index in [9.17, 15) is 31.6 Å². The van der Waals surface area contributed by atoms with E-state index < -0.39 is 46.3 Å². The van der Waals surface area contributed by atoms with Gasteiger partial charge in [0.15, 0.2) is 0 Å². The van der Waals surface area contributed by atoms with Crippen molar-refractivity contribution in [3.05, 3.63) is 287 Å². The van der Waals surface area contributed by atoms with Gasteiger partial charge in [-0.15, -0.1) is 0 Å². The zero-order valence-electron chi connectivity index (χ0n) is 50.7. The topological polar surface area (TPSA) is 43.5 Å². The number of aromatic nitrogens is 4. The van der Waals surface area contributed by atoms with E-state index in [2.05, 4.69) is 58.5 Å². The number of para-hydroxylation sites is 8. The lowest BCUT2D eigenvalue weighted by Crippen LogP contribution is -2.14. The summed E-state index contributed by atoms with van der Waals surface area (Å²) in [5.41, 5.74) is 8.54. The van der Waals surface area contributed by atoms with Gasteiger partial charge in [-0.1, -0.05) is 182 Å². The summed E-state index contributed by atoms with van der Waals surface area (Å²) >= 11 is 0. The number of benzene rings is 12. The van der Waals surface area contributed by atoms with Crippen LogP contribution < -0.4 is 0 Å². The summed E-state index contributed by atoms with van der Waals surface area (Å²) in [4.78, 5) is 0. The van der Waals surface area contributed by atoms with Crippen molar-refractivity contribution < 1.29 is 39.5 Å². The largest absolute Gasteiger partial charge is 0.417 e.